The van der Waals surface area contributed by atoms with Crippen LogP contribution in [0.3, 0.4) is 0 Å². The van der Waals surface area contributed by atoms with Crippen molar-refractivity contribution in [2.24, 2.45) is 0 Å². The standard InChI is InChI=1S/C17H14Cl2N2O5/c18-13-2-1-11(15(19)8-13)5-6-20-17(23)10-26-16-4-3-14(21(24)25)7-12(16)9-22/h1-4,7-9H,5-6,10H2,(H,20,23). The Bertz CT molecular complexity index is 842. The predicted molar refractivity (Wildman–Crippen MR) is 97.2 cm³/mol. The number of rotatable bonds is 8. The first-order chi connectivity index (χ1) is 12.4. The van der Waals surface area contributed by atoms with Gasteiger partial charge in [0.05, 0.1) is 10.5 Å². The molecule has 0 heterocycles. The maximum atomic E-state index is 11.8. The van der Waals surface area contributed by atoms with Gasteiger partial charge >= 0.3 is 0 Å². The second kappa shape index (κ2) is 9.17. The van der Waals surface area contributed by atoms with Crippen LogP contribution in [-0.2, 0) is 11.2 Å². The van der Waals surface area contributed by atoms with Crippen molar-refractivity contribution in [2.45, 2.75) is 6.42 Å². The van der Waals surface area contributed by atoms with Crippen molar-refractivity contribution in [1.82, 2.24) is 5.32 Å². The summed E-state index contributed by atoms with van der Waals surface area (Å²) in [6.45, 7) is 0.0113. The Morgan fingerprint density at radius 2 is 2.00 bits per heavy atom. The van der Waals surface area contributed by atoms with Gasteiger partial charge in [0.25, 0.3) is 11.6 Å². The molecule has 1 N–H and O–H groups in total. The third kappa shape index (κ3) is 5.44. The molecule has 0 atom stereocenters. The van der Waals surface area contributed by atoms with Gasteiger partial charge in [0, 0.05) is 28.7 Å². The summed E-state index contributed by atoms with van der Waals surface area (Å²) in [6.07, 6.45) is 0.946. The number of ether oxygens (including phenoxy) is 1. The molecule has 0 aliphatic heterocycles. The monoisotopic (exact) mass is 396 g/mol. The van der Waals surface area contributed by atoms with Gasteiger partial charge in [-0.25, -0.2) is 0 Å². The topological polar surface area (TPSA) is 98.5 Å². The molecule has 0 saturated carbocycles. The number of benzene rings is 2. The molecule has 2 aromatic carbocycles. The van der Waals surface area contributed by atoms with Crippen LogP contribution in [-0.4, -0.2) is 30.3 Å². The molecule has 0 unspecified atom stereocenters. The first-order valence-corrected chi connectivity index (χ1v) is 8.23. The van der Waals surface area contributed by atoms with E-state index in [1.54, 1.807) is 18.2 Å². The minimum Gasteiger partial charge on any atom is -0.483 e. The van der Waals surface area contributed by atoms with E-state index >= 15 is 0 Å². The third-order valence-electron chi connectivity index (χ3n) is 3.42. The Labute approximate surface area is 159 Å². The molecule has 0 bridgehead atoms. The first-order valence-electron chi connectivity index (χ1n) is 7.47. The molecule has 7 nitrogen and oxygen atoms in total. The Kier molecular flexibility index (Phi) is 6.94. The van der Waals surface area contributed by atoms with Crippen LogP contribution < -0.4 is 10.1 Å². The van der Waals surface area contributed by atoms with Crippen molar-refractivity contribution < 1.29 is 19.2 Å². The Hall–Kier alpha value is -2.64. The fourth-order valence-electron chi connectivity index (χ4n) is 2.13. The van der Waals surface area contributed by atoms with Crippen molar-refractivity contribution in [2.75, 3.05) is 13.2 Å². The molecule has 1 amide bonds. The number of non-ortho nitro benzene ring substituents is 1. The van der Waals surface area contributed by atoms with E-state index in [2.05, 4.69) is 5.32 Å². The van der Waals surface area contributed by atoms with Crippen molar-refractivity contribution in [3.8, 4) is 5.75 Å². The number of nitrogens with zero attached hydrogens (tertiary/aromatic N) is 1. The molecule has 0 aliphatic carbocycles. The number of aldehydes is 1. The molecule has 0 aliphatic rings. The quantitative estimate of drug-likeness (QED) is 0.418. The van der Waals surface area contributed by atoms with Gasteiger partial charge in [0.1, 0.15) is 5.75 Å². The molecule has 0 aromatic heterocycles. The number of nitro benzene ring substituents is 1. The van der Waals surface area contributed by atoms with Crippen LogP contribution in [0.4, 0.5) is 5.69 Å². The van der Waals surface area contributed by atoms with Crippen molar-refractivity contribution in [3.05, 3.63) is 67.7 Å². The van der Waals surface area contributed by atoms with E-state index in [0.29, 0.717) is 29.3 Å². The van der Waals surface area contributed by atoms with Crippen molar-refractivity contribution >= 4 is 41.1 Å². The van der Waals surface area contributed by atoms with E-state index in [4.69, 9.17) is 27.9 Å². The first kappa shape index (κ1) is 19.7. The summed E-state index contributed by atoms with van der Waals surface area (Å²) in [5.41, 5.74) is 0.611. The average Bonchev–Trinajstić information content (AvgIpc) is 2.61. The third-order valence-corrected chi connectivity index (χ3v) is 4.01. The lowest BCUT2D eigenvalue weighted by Crippen LogP contribution is -2.30. The van der Waals surface area contributed by atoms with Gasteiger partial charge in [-0.2, -0.15) is 0 Å². The highest BCUT2D eigenvalue weighted by molar-refractivity contribution is 6.35. The Morgan fingerprint density at radius 1 is 1.23 bits per heavy atom. The van der Waals surface area contributed by atoms with Crippen LogP contribution >= 0.6 is 23.2 Å². The number of nitro groups is 1. The fourth-order valence-corrected chi connectivity index (χ4v) is 2.63. The Morgan fingerprint density at radius 3 is 2.65 bits per heavy atom. The number of carbonyl (C=O) groups excluding carboxylic acids is 2. The van der Waals surface area contributed by atoms with Gasteiger partial charge in [-0.15, -0.1) is 0 Å². The molecule has 2 aromatic rings. The summed E-state index contributed by atoms with van der Waals surface area (Å²) in [7, 11) is 0. The Balaban J connectivity index is 1.85. The fraction of sp³-hybridized carbons (Fsp3) is 0.176. The molecular weight excluding hydrogens is 383 g/mol. The SMILES string of the molecule is O=Cc1cc([N+](=O)[O-])ccc1OCC(=O)NCCc1ccc(Cl)cc1Cl. The van der Waals surface area contributed by atoms with E-state index in [1.807, 2.05) is 0 Å². The lowest BCUT2D eigenvalue weighted by molar-refractivity contribution is -0.384. The van der Waals surface area contributed by atoms with Gasteiger partial charge in [0.2, 0.25) is 0 Å². The van der Waals surface area contributed by atoms with Gasteiger partial charge < -0.3 is 10.1 Å². The number of halogens is 2. The molecule has 2 rings (SSSR count). The van der Waals surface area contributed by atoms with Crippen LogP contribution in [0.2, 0.25) is 10.0 Å². The molecule has 26 heavy (non-hydrogen) atoms. The molecule has 0 radical (unpaired) electrons. The summed E-state index contributed by atoms with van der Waals surface area (Å²) in [6, 6.07) is 8.68. The smallest absolute Gasteiger partial charge is 0.270 e. The maximum Gasteiger partial charge on any atom is 0.270 e. The van der Waals surface area contributed by atoms with Crippen LogP contribution in [0.5, 0.6) is 5.75 Å². The van der Waals surface area contributed by atoms with E-state index in [0.717, 1.165) is 11.6 Å². The number of hydrogen-bond acceptors (Lipinski definition) is 5. The number of amides is 1. The zero-order valence-electron chi connectivity index (χ0n) is 13.4. The zero-order chi connectivity index (χ0) is 19.1. The minimum atomic E-state index is -0.620. The summed E-state index contributed by atoms with van der Waals surface area (Å²) in [5.74, 6) is -0.299. The maximum absolute atomic E-state index is 11.8. The van der Waals surface area contributed by atoms with Gasteiger partial charge in [0.15, 0.2) is 12.9 Å². The highest BCUT2D eigenvalue weighted by Gasteiger charge is 2.12. The zero-order valence-corrected chi connectivity index (χ0v) is 14.9. The van der Waals surface area contributed by atoms with E-state index in [1.165, 1.54) is 12.1 Å². The summed E-state index contributed by atoms with van der Waals surface area (Å²) in [5, 5.41) is 14.4. The molecule has 136 valence electrons. The second-order valence-corrected chi connectivity index (χ2v) is 6.07. The van der Waals surface area contributed by atoms with Crippen LogP contribution in [0.25, 0.3) is 0 Å². The molecule has 0 spiro atoms. The lowest BCUT2D eigenvalue weighted by Gasteiger charge is -2.09. The highest BCUT2D eigenvalue weighted by atomic mass is 35.5. The van der Waals surface area contributed by atoms with E-state index in [9.17, 15) is 19.7 Å². The van der Waals surface area contributed by atoms with Crippen LogP contribution in [0.15, 0.2) is 36.4 Å². The second-order valence-electron chi connectivity index (χ2n) is 5.22. The van der Waals surface area contributed by atoms with Gasteiger partial charge in [-0.3, -0.25) is 19.7 Å². The number of carbonyl (C=O) groups is 2. The molecular formula is C17H14Cl2N2O5. The predicted octanol–water partition coefficient (Wildman–Crippen LogP) is 3.45. The van der Waals surface area contributed by atoms with Gasteiger partial charge in [-0.05, 0) is 30.2 Å². The average molecular weight is 397 g/mol. The van der Waals surface area contributed by atoms with Crippen LogP contribution in [0.1, 0.15) is 15.9 Å². The van der Waals surface area contributed by atoms with Gasteiger partial charge in [-0.1, -0.05) is 29.3 Å². The van der Waals surface area contributed by atoms with Crippen molar-refractivity contribution in [3.63, 3.8) is 0 Å². The van der Waals surface area contributed by atoms with Crippen LogP contribution in [0, 0.1) is 10.1 Å². The molecule has 9 heteroatoms. The largest absolute Gasteiger partial charge is 0.483 e. The van der Waals surface area contributed by atoms with Crippen molar-refractivity contribution in [1.29, 1.82) is 0 Å². The van der Waals surface area contributed by atoms with E-state index < -0.39 is 10.8 Å². The minimum absolute atomic E-state index is 0.0000499. The van der Waals surface area contributed by atoms with E-state index in [-0.39, 0.29) is 23.6 Å². The number of hydrogen-bond donors (Lipinski definition) is 1. The lowest BCUT2D eigenvalue weighted by atomic mass is 10.1. The molecule has 0 saturated heterocycles. The summed E-state index contributed by atoms with van der Waals surface area (Å²) < 4.78 is 5.26. The summed E-state index contributed by atoms with van der Waals surface area (Å²) >= 11 is 11.9. The number of nitrogens with one attached hydrogen (secondary N) is 1. The summed E-state index contributed by atoms with van der Waals surface area (Å²) in [4.78, 5) is 32.9. The molecule has 0 fully saturated rings. The normalized spacial score (nSPS) is 10.2. The highest BCUT2D eigenvalue weighted by Crippen LogP contribution is 2.23.